The quantitative estimate of drug-likeness (QED) is 0.442. The topological polar surface area (TPSA) is 61.8 Å². The molecule has 9 heteroatoms. The lowest BCUT2D eigenvalue weighted by Gasteiger charge is -2.12. The molecule has 0 amide bonds. The van der Waals surface area contributed by atoms with Crippen LogP contribution in [0.1, 0.15) is 5.56 Å². The van der Waals surface area contributed by atoms with E-state index in [1.807, 2.05) is 18.2 Å². The van der Waals surface area contributed by atoms with Gasteiger partial charge in [-0.2, -0.15) is 22.8 Å². The van der Waals surface area contributed by atoms with Crippen molar-refractivity contribution in [2.24, 2.45) is 0 Å². The summed E-state index contributed by atoms with van der Waals surface area (Å²) in [6.07, 6.45) is -4.10. The zero-order chi connectivity index (χ0) is 21.9. The molecule has 0 aliphatic heterocycles. The summed E-state index contributed by atoms with van der Waals surface area (Å²) < 4.78 is 53.5. The van der Waals surface area contributed by atoms with Gasteiger partial charge in [-0.1, -0.05) is 6.58 Å². The molecule has 0 saturated carbocycles. The molecule has 0 heterocycles. The number of hydrogen-bond donors (Lipinski definition) is 0. The van der Waals surface area contributed by atoms with Gasteiger partial charge in [0.25, 0.3) is 0 Å². The Morgan fingerprint density at radius 1 is 1.03 bits per heavy atom. The summed E-state index contributed by atoms with van der Waals surface area (Å²) in [5.41, 5.74) is 0.109. The highest BCUT2D eigenvalue weighted by Crippen LogP contribution is 2.33. The monoisotopic (exact) mass is 428 g/mol. The van der Waals surface area contributed by atoms with Gasteiger partial charge in [0.2, 0.25) is 0 Å². The van der Waals surface area contributed by atoms with Gasteiger partial charge in [0.05, 0.1) is 19.8 Å². The summed E-state index contributed by atoms with van der Waals surface area (Å²) in [7, 11) is 3.15. The number of thioether (sulfide) groups is 1. The van der Waals surface area contributed by atoms with Crippen LogP contribution in [-0.2, 0) is 15.8 Å². The SMILES string of the molecule is C=C(COc1ccc(C(F)(F)F)cc1)CSc1ccc(OC)c(OC)c1.O=C=O. The predicted molar refractivity (Wildman–Crippen MR) is 101 cm³/mol. The normalized spacial score (nSPS) is 10.2. The third-order valence-corrected chi connectivity index (χ3v) is 4.56. The van der Waals surface area contributed by atoms with Crippen molar-refractivity contribution in [2.75, 3.05) is 26.6 Å². The van der Waals surface area contributed by atoms with Gasteiger partial charge in [-0.3, -0.25) is 0 Å². The average Bonchev–Trinajstić information content (AvgIpc) is 2.70. The molecule has 0 atom stereocenters. The maximum atomic E-state index is 12.5. The summed E-state index contributed by atoms with van der Waals surface area (Å²) in [6, 6.07) is 10.2. The lowest BCUT2D eigenvalue weighted by molar-refractivity contribution is -0.191. The van der Waals surface area contributed by atoms with Gasteiger partial charge in [-0.25, -0.2) is 0 Å². The highest BCUT2D eigenvalue weighted by molar-refractivity contribution is 7.99. The van der Waals surface area contributed by atoms with Crippen LogP contribution in [0.2, 0.25) is 0 Å². The molecule has 2 aromatic carbocycles. The van der Waals surface area contributed by atoms with Crippen LogP contribution in [0.15, 0.2) is 59.5 Å². The Kier molecular flexibility index (Phi) is 9.85. The summed E-state index contributed by atoms with van der Waals surface area (Å²) in [6.45, 7) is 4.16. The number of carbonyl (C=O) groups excluding carboxylic acids is 2. The Balaban J connectivity index is 0.00000132. The van der Waals surface area contributed by atoms with Crippen molar-refractivity contribution in [3.05, 3.63) is 60.2 Å². The van der Waals surface area contributed by atoms with E-state index in [1.54, 1.807) is 26.0 Å². The van der Waals surface area contributed by atoms with E-state index in [2.05, 4.69) is 6.58 Å². The first kappa shape index (κ1) is 24.1. The number of methoxy groups -OCH3 is 2. The number of ether oxygens (including phenoxy) is 3. The molecule has 0 N–H and O–H groups in total. The molecule has 0 bridgehead atoms. The predicted octanol–water partition coefficient (Wildman–Crippen LogP) is 4.87. The minimum atomic E-state index is -4.35. The molecule has 2 rings (SSSR count). The number of alkyl halides is 3. The largest absolute Gasteiger partial charge is 0.493 e. The Morgan fingerprint density at radius 2 is 1.62 bits per heavy atom. The van der Waals surface area contributed by atoms with Crippen LogP contribution in [0.3, 0.4) is 0 Å². The van der Waals surface area contributed by atoms with E-state index in [0.29, 0.717) is 23.0 Å². The molecule has 0 aliphatic rings. The van der Waals surface area contributed by atoms with Crippen molar-refractivity contribution in [1.82, 2.24) is 0 Å². The highest BCUT2D eigenvalue weighted by atomic mass is 32.2. The Labute approximate surface area is 170 Å². The van der Waals surface area contributed by atoms with Crippen molar-refractivity contribution in [3.63, 3.8) is 0 Å². The zero-order valence-electron chi connectivity index (χ0n) is 15.7. The summed E-state index contributed by atoms with van der Waals surface area (Å²) >= 11 is 1.55. The van der Waals surface area contributed by atoms with Gasteiger partial charge in [-0.15, -0.1) is 11.8 Å². The van der Waals surface area contributed by atoms with Crippen LogP contribution in [0.4, 0.5) is 13.2 Å². The lowest BCUT2D eigenvalue weighted by atomic mass is 10.2. The van der Waals surface area contributed by atoms with Crippen molar-refractivity contribution in [1.29, 1.82) is 0 Å². The number of halogens is 3. The Morgan fingerprint density at radius 3 is 2.14 bits per heavy atom. The second-order valence-electron chi connectivity index (χ2n) is 5.45. The van der Waals surface area contributed by atoms with Crippen LogP contribution >= 0.6 is 11.8 Å². The molecule has 0 saturated heterocycles. The second kappa shape index (κ2) is 11.8. The first-order valence-corrected chi connectivity index (χ1v) is 9.04. The molecular weight excluding hydrogens is 409 g/mol. The van der Waals surface area contributed by atoms with Crippen molar-refractivity contribution >= 4 is 17.9 Å². The molecule has 0 radical (unpaired) electrons. The first-order valence-electron chi connectivity index (χ1n) is 8.06. The summed E-state index contributed by atoms with van der Waals surface area (Å²) in [5, 5.41) is 0. The minimum Gasteiger partial charge on any atom is -0.493 e. The van der Waals surface area contributed by atoms with Gasteiger partial charge >= 0.3 is 12.3 Å². The van der Waals surface area contributed by atoms with Gasteiger partial charge in [0.1, 0.15) is 12.4 Å². The first-order chi connectivity index (χ1) is 13.7. The zero-order valence-corrected chi connectivity index (χ0v) is 16.6. The summed E-state index contributed by atoms with van der Waals surface area (Å²) in [5.74, 6) is 2.27. The third-order valence-electron chi connectivity index (χ3n) is 3.42. The molecule has 0 fully saturated rings. The van der Waals surface area contributed by atoms with Crippen molar-refractivity contribution in [3.8, 4) is 17.2 Å². The smallest absolute Gasteiger partial charge is 0.416 e. The highest BCUT2D eigenvalue weighted by Gasteiger charge is 2.30. The Hall–Kier alpha value is -2.90. The fourth-order valence-electron chi connectivity index (χ4n) is 2.06. The van der Waals surface area contributed by atoms with Crippen LogP contribution < -0.4 is 14.2 Å². The number of rotatable bonds is 8. The van der Waals surface area contributed by atoms with Crippen LogP contribution in [-0.4, -0.2) is 32.7 Å². The molecule has 0 aliphatic carbocycles. The second-order valence-corrected chi connectivity index (χ2v) is 6.50. The Bertz CT molecular complexity index is 829. The van der Waals surface area contributed by atoms with Crippen molar-refractivity contribution in [2.45, 2.75) is 11.1 Å². The van der Waals surface area contributed by atoms with E-state index in [-0.39, 0.29) is 12.8 Å². The molecular formula is C20H19F3O5S. The standard InChI is InChI=1S/C19H19F3O3S.CO2/c1-13(11-25-15-6-4-14(5-7-15)19(20,21)22)12-26-16-8-9-17(23-2)18(10-16)24-3;2-1-3/h4-10H,1,11-12H2,2-3H3;. The van der Waals surface area contributed by atoms with Gasteiger partial charge in [0.15, 0.2) is 11.5 Å². The molecule has 29 heavy (non-hydrogen) atoms. The van der Waals surface area contributed by atoms with Crippen LogP contribution in [0.25, 0.3) is 0 Å². The van der Waals surface area contributed by atoms with Crippen molar-refractivity contribution < 1.29 is 37.0 Å². The van der Waals surface area contributed by atoms with Gasteiger partial charge in [-0.05, 0) is 48.0 Å². The fraction of sp³-hybridized carbons (Fsp3) is 0.250. The molecule has 5 nitrogen and oxygen atoms in total. The molecule has 0 unspecified atom stereocenters. The van der Waals surface area contributed by atoms with E-state index in [1.165, 1.54) is 12.1 Å². The van der Waals surface area contributed by atoms with E-state index in [9.17, 15) is 13.2 Å². The molecule has 156 valence electrons. The number of hydrogen-bond acceptors (Lipinski definition) is 6. The van der Waals surface area contributed by atoms with Crippen LogP contribution in [0.5, 0.6) is 17.2 Å². The van der Waals surface area contributed by atoms with E-state index in [4.69, 9.17) is 23.8 Å². The van der Waals surface area contributed by atoms with Gasteiger partial charge < -0.3 is 14.2 Å². The maximum Gasteiger partial charge on any atom is 0.416 e. The minimum absolute atomic E-state index is 0.228. The average molecular weight is 428 g/mol. The maximum absolute atomic E-state index is 12.5. The number of benzene rings is 2. The third kappa shape index (κ3) is 8.33. The van der Waals surface area contributed by atoms with E-state index in [0.717, 1.165) is 22.6 Å². The molecule has 2 aromatic rings. The van der Waals surface area contributed by atoms with Gasteiger partial charge in [0, 0.05) is 10.6 Å². The van der Waals surface area contributed by atoms with E-state index >= 15 is 0 Å². The lowest BCUT2D eigenvalue weighted by Crippen LogP contribution is -2.05. The van der Waals surface area contributed by atoms with Crippen LogP contribution in [0, 0.1) is 0 Å². The summed E-state index contributed by atoms with van der Waals surface area (Å²) in [4.78, 5) is 17.2. The molecule has 0 spiro atoms. The van der Waals surface area contributed by atoms with E-state index < -0.39 is 11.7 Å². The fourth-order valence-corrected chi connectivity index (χ4v) is 2.87. The molecule has 0 aromatic heterocycles.